The van der Waals surface area contributed by atoms with E-state index in [0.717, 1.165) is 0 Å². The first-order valence-corrected chi connectivity index (χ1v) is 3.11. The molecule has 0 aromatic rings. The molecule has 0 saturated heterocycles. The molecule has 0 aliphatic carbocycles. The third-order valence-electron chi connectivity index (χ3n) is 0.385. The van der Waals surface area contributed by atoms with Crippen LogP contribution in [0.25, 0.3) is 0 Å². The number of hydroxylamine groups is 1. The summed E-state index contributed by atoms with van der Waals surface area (Å²) in [6.45, 7) is 0.687. The fraction of sp³-hybridized carbons (Fsp3) is 1.00. The van der Waals surface area contributed by atoms with E-state index in [1.54, 1.807) is 0 Å². The molecule has 0 aromatic heterocycles. The van der Waals surface area contributed by atoms with Gasteiger partial charge in [0, 0.05) is 13.1 Å². The minimum absolute atomic E-state index is 0. The van der Waals surface area contributed by atoms with Crippen molar-refractivity contribution in [2.24, 2.45) is 5.73 Å². The van der Waals surface area contributed by atoms with Crippen molar-refractivity contribution in [2.45, 2.75) is 0 Å². The van der Waals surface area contributed by atoms with Crippen LogP contribution in [0.3, 0.4) is 0 Å². The molecule has 0 bridgehead atoms. The Hall–Kier alpha value is 0.830. The normalized spacial score (nSPS) is 9.11. The van der Waals surface area contributed by atoms with E-state index < -0.39 is 11.0 Å². The van der Waals surface area contributed by atoms with Crippen molar-refractivity contribution in [1.29, 1.82) is 0 Å². The predicted octanol–water partition coefficient (Wildman–Crippen LogP) is -2.66. The summed E-state index contributed by atoms with van der Waals surface area (Å²) < 4.78 is 23.1. The van der Waals surface area contributed by atoms with Gasteiger partial charge < -0.3 is 5.73 Å². The van der Waals surface area contributed by atoms with Gasteiger partial charge in [-0.3, -0.25) is 0 Å². The van der Waals surface area contributed by atoms with Crippen molar-refractivity contribution in [1.82, 2.24) is 5.48 Å². The number of rotatable bonds is 4. The number of nitrogens with two attached hydrogens (primary N) is 1. The number of thiol groups is 1. The van der Waals surface area contributed by atoms with Gasteiger partial charge in [-0.05, 0) is 0 Å². The second kappa shape index (κ2) is 8.83. The Balaban J connectivity index is 0. The fourth-order valence-electron chi connectivity index (χ4n) is 0.157. The maximum atomic E-state index is 9.59. The number of nitrogens with one attached hydrogen (secondary N) is 1. The molecule has 0 unspecified atom stereocenters. The maximum absolute atomic E-state index is 9.59. The Bertz CT molecular complexity index is 108. The SMILES string of the molecule is NCCNO[SH](=O)=O.[NaH]. The molecule has 0 aliphatic heterocycles. The molecule has 0 atom stereocenters. The van der Waals surface area contributed by atoms with Crippen molar-refractivity contribution < 1.29 is 12.7 Å². The number of hydrogen-bond acceptors (Lipinski definition) is 5. The summed E-state index contributed by atoms with van der Waals surface area (Å²) in [5.41, 5.74) is 7.09. The molecule has 0 saturated carbocycles. The number of hydrogen-bond donors (Lipinski definition) is 3. The summed E-state index contributed by atoms with van der Waals surface area (Å²) in [5.74, 6) is 0. The van der Waals surface area contributed by atoms with Crippen molar-refractivity contribution >= 4 is 40.5 Å². The molecule has 52 valence electrons. The Labute approximate surface area is 77.3 Å². The molecular formula is C2H9N2NaO3S. The summed E-state index contributed by atoms with van der Waals surface area (Å²) in [6.07, 6.45) is 0. The molecule has 0 heterocycles. The van der Waals surface area contributed by atoms with Gasteiger partial charge in [0.05, 0.1) is 0 Å². The Morgan fingerprint density at radius 3 is 2.44 bits per heavy atom. The molecule has 0 aliphatic rings. The van der Waals surface area contributed by atoms with Crippen LogP contribution < -0.4 is 11.2 Å². The van der Waals surface area contributed by atoms with Crippen molar-refractivity contribution in [3.05, 3.63) is 0 Å². The monoisotopic (exact) mass is 164 g/mol. The zero-order chi connectivity index (χ0) is 6.41. The van der Waals surface area contributed by atoms with Crippen LogP contribution in [0.1, 0.15) is 0 Å². The van der Waals surface area contributed by atoms with Gasteiger partial charge in [-0.25, -0.2) is 8.42 Å². The molecule has 5 nitrogen and oxygen atoms in total. The van der Waals surface area contributed by atoms with Crippen LogP contribution in [-0.4, -0.2) is 51.1 Å². The van der Waals surface area contributed by atoms with E-state index in [9.17, 15) is 8.42 Å². The molecule has 0 amide bonds. The Kier molecular flexibility index (Phi) is 12.3. The summed E-state index contributed by atoms with van der Waals surface area (Å²) in [6, 6.07) is 0. The minimum atomic E-state index is -2.78. The summed E-state index contributed by atoms with van der Waals surface area (Å²) in [4.78, 5) is 0. The van der Waals surface area contributed by atoms with E-state index >= 15 is 0 Å². The van der Waals surface area contributed by atoms with Gasteiger partial charge in [-0.15, -0.1) is 0 Å². The van der Waals surface area contributed by atoms with Crippen LogP contribution in [0.2, 0.25) is 0 Å². The van der Waals surface area contributed by atoms with E-state index in [2.05, 4.69) is 9.76 Å². The Morgan fingerprint density at radius 1 is 1.56 bits per heavy atom. The molecule has 0 spiro atoms. The van der Waals surface area contributed by atoms with Crippen LogP contribution in [0, 0.1) is 0 Å². The van der Waals surface area contributed by atoms with Gasteiger partial charge in [-0.1, -0.05) is 0 Å². The predicted molar refractivity (Wildman–Crippen MR) is 35.6 cm³/mol. The van der Waals surface area contributed by atoms with Crippen LogP contribution in [0.15, 0.2) is 0 Å². The zero-order valence-electron chi connectivity index (χ0n) is 4.16. The third-order valence-corrected chi connectivity index (χ3v) is 0.664. The van der Waals surface area contributed by atoms with Gasteiger partial charge in [-0.2, -0.15) is 9.76 Å². The quantitative estimate of drug-likeness (QED) is 0.183. The van der Waals surface area contributed by atoms with Crippen LogP contribution in [0.4, 0.5) is 0 Å². The molecule has 0 fully saturated rings. The van der Waals surface area contributed by atoms with E-state index in [0.29, 0.717) is 13.1 Å². The zero-order valence-corrected chi connectivity index (χ0v) is 5.06. The Morgan fingerprint density at radius 2 is 2.11 bits per heavy atom. The first-order valence-electron chi connectivity index (χ1n) is 2.01. The standard InChI is InChI=1S/C2H8N2O3S.Na.H/c3-1-2-4-7-8(5)6;;/h4,8H,1-3H2;;. The van der Waals surface area contributed by atoms with Crippen molar-refractivity contribution in [2.75, 3.05) is 13.1 Å². The van der Waals surface area contributed by atoms with Gasteiger partial charge in [0.1, 0.15) is 0 Å². The van der Waals surface area contributed by atoms with Gasteiger partial charge in [0.2, 0.25) is 0 Å². The van der Waals surface area contributed by atoms with E-state index in [-0.39, 0.29) is 29.6 Å². The third kappa shape index (κ3) is 12.1. The molecular weight excluding hydrogens is 155 g/mol. The summed E-state index contributed by atoms with van der Waals surface area (Å²) in [7, 11) is -2.78. The topological polar surface area (TPSA) is 81.4 Å². The molecule has 9 heavy (non-hydrogen) atoms. The van der Waals surface area contributed by atoms with Gasteiger partial charge in [0.15, 0.2) is 0 Å². The van der Waals surface area contributed by atoms with E-state index in [1.165, 1.54) is 0 Å². The average Bonchev–Trinajstić information content (AvgIpc) is 1.66. The fourth-order valence-corrected chi connectivity index (χ4v) is 0.354. The van der Waals surface area contributed by atoms with E-state index in [4.69, 9.17) is 5.73 Å². The summed E-state index contributed by atoms with van der Waals surface area (Å²) >= 11 is 0. The second-order valence-corrected chi connectivity index (χ2v) is 1.63. The molecule has 3 N–H and O–H groups in total. The first-order chi connectivity index (χ1) is 3.77. The van der Waals surface area contributed by atoms with Crippen LogP contribution in [0.5, 0.6) is 0 Å². The van der Waals surface area contributed by atoms with Crippen LogP contribution >= 0.6 is 0 Å². The molecule has 0 rings (SSSR count). The van der Waals surface area contributed by atoms with Crippen LogP contribution in [-0.2, 0) is 15.3 Å². The van der Waals surface area contributed by atoms with Gasteiger partial charge in [0.25, 0.3) is 11.0 Å². The second-order valence-electron chi connectivity index (χ2n) is 0.998. The van der Waals surface area contributed by atoms with E-state index in [1.807, 2.05) is 0 Å². The van der Waals surface area contributed by atoms with Gasteiger partial charge >= 0.3 is 29.6 Å². The summed E-state index contributed by atoms with van der Waals surface area (Å²) in [5, 5.41) is 0. The van der Waals surface area contributed by atoms with Crippen molar-refractivity contribution in [3.63, 3.8) is 0 Å². The molecule has 0 aromatic carbocycles. The average molecular weight is 164 g/mol. The molecule has 7 heteroatoms. The molecule has 0 radical (unpaired) electrons. The first kappa shape index (κ1) is 12.5. The van der Waals surface area contributed by atoms with Crippen molar-refractivity contribution in [3.8, 4) is 0 Å².